The van der Waals surface area contributed by atoms with Gasteiger partial charge in [-0.1, -0.05) is 54.4 Å². The van der Waals surface area contributed by atoms with Crippen molar-refractivity contribution in [3.8, 4) is 0 Å². The van der Waals surface area contributed by atoms with Crippen LogP contribution in [0, 0.1) is 10.8 Å². The molecule has 0 unspecified atom stereocenters. The van der Waals surface area contributed by atoms with Crippen LogP contribution in [0.2, 0.25) is 0 Å². The van der Waals surface area contributed by atoms with Gasteiger partial charge in [-0.15, -0.1) is 0 Å². The monoisotopic (exact) mass is 294 g/mol. The van der Waals surface area contributed by atoms with E-state index < -0.39 is 7.82 Å². The molecule has 0 heterocycles. The van der Waals surface area contributed by atoms with E-state index in [1.54, 1.807) is 0 Å². The maximum Gasteiger partial charge on any atom is 0.472 e. The fourth-order valence-electron chi connectivity index (χ4n) is 2.05. The summed E-state index contributed by atoms with van der Waals surface area (Å²) in [7, 11) is -3.93. The highest BCUT2D eigenvalue weighted by molar-refractivity contribution is 7.47. The number of hydrogen-bond donors (Lipinski definition) is 1. The topological polar surface area (TPSA) is 55.8 Å². The van der Waals surface area contributed by atoms with Crippen LogP contribution >= 0.6 is 7.82 Å². The molecule has 0 amide bonds. The van der Waals surface area contributed by atoms with Gasteiger partial charge in [-0.3, -0.25) is 9.05 Å². The Kier molecular flexibility index (Phi) is 7.82. The number of rotatable bonds is 10. The molecule has 0 aromatic rings. The lowest BCUT2D eigenvalue weighted by molar-refractivity contribution is 0.0733. The SMILES string of the molecule is CCCC(C)(C)COP(=O)(O)OCC(C)(C)CCC. The molecule has 4 nitrogen and oxygen atoms in total. The third-order valence-corrected chi connectivity index (χ3v) is 4.00. The van der Waals surface area contributed by atoms with Crippen molar-refractivity contribution in [1.29, 1.82) is 0 Å². The third kappa shape index (κ3) is 9.61. The molecule has 0 rings (SSSR count). The van der Waals surface area contributed by atoms with Crippen LogP contribution in [0.4, 0.5) is 0 Å². The normalized spacial score (nSPS) is 13.8. The van der Waals surface area contributed by atoms with E-state index in [2.05, 4.69) is 13.8 Å². The molecule has 0 aliphatic carbocycles. The lowest BCUT2D eigenvalue weighted by Crippen LogP contribution is -2.21. The summed E-state index contributed by atoms with van der Waals surface area (Å²) >= 11 is 0. The van der Waals surface area contributed by atoms with Crippen molar-refractivity contribution in [1.82, 2.24) is 0 Å². The quantitative estimate of drug-likeness (QED) is 0.589. The molecule has 0 radical (unpaired) electrons. The van der Waals surface area contributed by atoms with Gasteiger partial charge in [-0.2, -0.15) is 0 Å². The lowest BCUT2D eigenvalue weighted by atomic mass is 9.89. The molecule has 0 saturated heterocycles. The fourth-order valence-corrected chi connectivity index (χ4v) is 3.15. The largest absolute Gasteiger partial charge is 0.472 e. The van der Waals surface area contributed by atoms with Crippen molar-refractivity contribution in [3.63, 3.8) is 0 Å². The average Bonchev–Trinajstić information content (AvgIpc) is 2.25. The summed E-state index contributed by atoms with van der Waals surface area (Å²) in [5.41, 5.74) is -0.203. The first kappa shape index (κ1) is 19.1. The summed E-state index contributed by atoms with van der Waals surface area (Å²) in [4.78, 5) is 9.69. The van der Waals surface area contributed by atoms with E-state index in [0.29, 0.717) is 0 Å². The zero-order valence-corrected chi connectivity index (χ0v) is 14.3. The minimum absolute atomic E-state index is 0.102. The van der Waals surface area contributed by atoms with E-state index in [4.69, 9.17) is 9.05 Å². The van der Waals surface area contributed by atoms with Crippen molar-refractivity contribution in [2.24, 2.45) is 10.8 Å². The highest BCUT2D eigenvalue weighted by atomic mass is 31.2. The number of phosphoric acid groups is 1. The van der Waals surface area contributed by atoms with Gasteiger partial charge >= 0.3 is 7.82 Å². The van der Waals surface area contributed by atoms with Crippen LogP contribution < -0.4 is 0 Å². The smallest absolute Gasteiger partial charge is 0.302 e. The first-order valence-electron chi connectivity index (χ1n) is 7.15. The molecule has 0 aliphatic heterocycles. The zero-order chi connectivity index (χ0) is 15.2. The average molecular weight is 294 g/mol. The highest BCUT2D eigenvalue weighted by Crippen LogP contribution is 2.46. The van der Waals surface area contributed by atoms with Crippen molar-refractivity contribution < 1.29 is 18.5 Å². The van der Waals surface area contributed by atoms with E-state index >= 15 is 0 Å². The Morgan fingerprint density at radius 2 is 1.21 bits per heavy atom. The molecular weight excluding hydrogens is 263 g/mol. The summed E-state index contributed by atoms with van der Waals surface area (Å²) < 4.78 is 22.0. The zero-order valence-electron chi connectivity index (χ0n) is 13.4. The Bertz CT molecular complexity index is 274. The Labute approximate surface area is 118 Å². The van der Waals surface area contributed by atoms with Gasteiger partial charge in [0, 0.05) is 0 Å². The van der Waals surface area contributed by atoms with Crippen LogP contribution in [0.25, 0.3) is 0 Å². The molecule has 19 heavy (non-hydrogen) atoms. The second-order valence-corrected chi connectivity index (χ2v) is 8.30. The van der Waals surface area contributed by atoms with Gasteiger partial charge in [-0.05, 0) is 23.7 Å². The van der Waals surface area contributed by atoms with Gasteiger partial charge in [0.25, 0.3) is 0 Å². The van der Waals surface area contributed by atoms with E-state index in [9.17, 15) is 9.46 Å². The molecule has 0 aromatic carbocycles. The lowest BCUT2D eigenvalue weighted by Gasteiger charge is -2.27. The van der Waals surface area contributed by atoms with Crippen LogP contribution in [-0.2, 0) is 13.6 Å². The molecule has 0 fully saturated rings. The molecular formula is C14H31O4P. The summed E-state index contributed by atoms with van der Waals surface area (Å²) in [5, 5.41) is 0. The highest BCUT2D eigenvalue weighted by Gasteiger charge is 2.29. The van der Waals surface area contributed by atoms with Crippen molar-refractivity contribution in [3.05, 3.63) is 0 Å². The van der Waals surface area contributed by atoms with Crippen LogP contribution in [0.15, 0.2) is 0 Å². The van der Waals surface area contributed by atoms with Crippen molar-refractivity contribution >= 4 is 7.82 Å². The fraction of sp³-hybridized carbons (Fsp3) is 1.00. The Morgan fingerprint density at radius 1 is 0.895 bits per heavy atom. The van der Waals surface area contributed by atoms with E-state index in [1.165, 1.54) is 0 Å². The van der Waals surface area contributed by atoms with Crippen LogP contribution in [-0.4, -0.2) is 18.1 Å². The van der Waals surface area contributed by atoms with E-state index in [-0.39, 0.29) is 24.0 Å². The maximum absolute atomic E-state index is 11.8. The second kappa shape index (κ2) is 7.78. The predicted octanol–water partition coefficient (Wildman–Crippen LogP) is 4.77. The summed E-state index contributed by atoms with van der Waals surface area (Å²) in [6, 6.07) is 0. The predicted molar refractivity (Wildman–Crippen MR) is 79.1 cm³/mol. The van der Waals surface area contributed by atoms with Gasteiger partial charge in [0.1, 0.15) is 0 Å². The molecule has 0 atom stereocenters. The van der Waals surface area contributed by atoms with Crippen LogP contribution in [0.1, 0.15) is 67.2 Å². The molecule has 0 saturated carbocycles. The Balaban J connectivity index is 4.23. The molecule has 5 heteroatoms. The minimum atomic E-state index is -3.93. The summed E-state index contributed by atoms with van der Waals surface area (Å²) in [6.45, 7) is 12.8. The molecule has 1 N–H and O–H groups in total. The van der Waals surface area contributed by atoms with Crippen molar-refractivity contribution in [2.45, 2.75) is 67.2 Å². The third-order valence-electron chi connectivity index (χ3n) is 3.09. The van der Waals surface area contributed by atoms with E-state index in [1.807, 2.05) is 27.7 Å². The molecule has 0 aromatic heterocycles. The van der Waals surface area contributed by atoms with E-state index in [0.717, 1.165) is 25.7 Å². The summed E-state index contributed by atoms with van der Waals surface area (Å²) in [5.74, 6) is 0. The van der Waals surface area contributed by atoms with Gasteiger partial charge in [-0.25, -0.2) is 4.57 Å². The molecule has 0 bridgehead atoms. The molecule has 0 aliphatic rings. The number of hydrogen-bond acceptors (Lipinski definition) is 3. The minimum Gasteiger partial charge on any atom is -0.302 e. The van der Waals surface area contributed by atoms with Crippen LogP contribution in [0.3, 0.4) is 0 Å². The first-order chi connectivity index (χ1) is 8.54. The van der Waals surface area contributed by atoms with Gasteiger partial charge in [0.2, 0.25) is 0 Å². The van der Waals surface area contributed by atoms with Crippen LogP contribution in [0.5, 0.6) is 0 Å². The standard InChI is InChI=1S/C14H31O4P/c1-7-9-13(3,4)11-17-19(15,16)18-12-14(5,6)10-8-2/h7-12H2,1-6H3,(H,15,16). The Hall–Kier alpha value is 0.110. The van der Waals surface area contributed by atoms with Gasteiger partial charge in [0.15, 0.2) is 0 Å². The van der Waals surface area contributed by atoms with Crippen molar-refractivity contribution in [2.75, 3.05) is 13.2 Å². The summed E-state index contributed by atoms with van der Waals surface area (Å²) in [6.07, 6.45) is 3.95. The number of phosphoric ester groups is 1. The molecule has 0 spiro atoms. The second-order valence-electron chi connectivity index (χ2n) is 6.84. The molecule has 116 valence electrons. The first-order valence-corrected chi connectivity index (χ1v) is 8.65. The maximum atomic E-state index is 11.8. The van der Waals surface area contributed by atoms with Gasteiger partial charge < -0.3 is 4.89 Å². The van der Waals surface area contributed by atoms with Gasteiger partial charge in [0.05, 0.1) is 13.2 Å². The Morgan fingerprint density at radius 3 is 1.47 bits per heavy atom.